The highest BCUT2D eigenvalue weighted by Crippen LogP contribution is 2.25. The summed E-state index contributed by atoms with van der Waals surface area (Å²) in [5, 5.41) is 0. The summed E-state index contributed by atoms with van der Waals surface area (Å²) in [6.45, 7) is 17.8. The number of nitrogens with zero attached hydrogens (tertiary/aromatic N) is 2. The summed E-state index contributed by atoms with van der Waals surface area (Å²) in [4.78, 5) is 5.38. The highest BCUT2D eigenvalue weighted by Gasteiger charge is 2.23. The minimum absolute atomic E-state index is 0.384. The first-order chi connectivity index (χ1) is 11.0. The molecule has 2 rings (SSSR count). The van der Waals surface area contributed by atoms with Crippen LogP contribution >= 0.6 is 0 Å². The third-order valence-corrected chi connectivity index (χ3v) is 5.99. The van der Waals surface area contributed by atoms with Crippen LogP contribution in [0.3, 0.4) is 0 Å². The zero-order valence-corrected chi connectivity index (χ0v) is 16.1. The summed E-state index contributed by atoms with van der Waals surface area (Å²) in [6.07, 6.45) is 7.21. The van der Waals surface area contributed by atoms with Gasteiger partial charge in [-0.25, -0.2) is 0 Å². The highest BCUT2D eigenvalue weighted by atomic mass is 16.5. The standard InChI is InChI=1S/C20H40N2O/c1-17(2)20-7-12-22(13-8-20)15-14-21-10-5-19(6-11-21)9-16-23-18(3)4/h17-20H,5-16H2,1-4H3. The summed E-state index contributed by atoms with van der Waals surface area (Å²) >= 11 is 0. The van der Waals surface area contributed by atoms with Crippen LogP contribution in [0.2, 0.25) is 0 Å². The fourth-order valence-electron chi connectivity index (χ4n) is 4.10. The first kappa shape index (κ1) is 19.2. The van der Waals surface area contributed by atoms with E-state index >= 15 is 0 Å². The molecule has 136 valence electrons. The van der Waals surface area contributed by atoms with Crippen molar-refractivity contribution in [2.75, 3.05) is 45.9 Å². The Bertz CT molecular complexity index is 303. The van der Waals surface area contributed by atoms with Crippen LogP contribution in [0.25, 0.3) is 0 Å². The summed E-state index contributed by atoms with van der Waals surface area (Å²) in [5.74, 6) is 2.73. The fraction of sp³-hybridized carbons (Fsp3) is 1.00. The van der Waals surface area contributed by atoms with Crippen molar-refractivity contribution in [1.29, 1.82) is 0 Å². The lowest BCUT2D eigenvalue weighted by Gasteiger charge is -2.37. The molecule has 3 nitrogen and oxygen atoms in total. The van der Waals surface area contributed by atoms with Gasteiger partial charge in [0.15, 0.2) is 0 Å². The van der Waals surface area contributed by atoms with Gasteiger partial charge in [0.05, 0.1) is 6.10 Å². The number of rotatable bonds is 8. The molecule has 0 radical (unpaired) electrons. The Labute approximate surface area is 144 Å². The molecule has 23 heavy (non-hydrogen) atoms. The van der Waals surface area contributed by atoms with Gasteiger partial charge in [-0.15, -0.1) is 0 Å². The Morgan fingerprint density at radius 3 is 1.83 bits per heavy atom. The van der Waals surface area contributed by atoms with E-state index in [2.05, 4.69) is 37.5 Å². The molecule has 0 unspecified atom stereocenters. The van der Waals surface area contributed by atoms with Gasteiger partial charge in [0.25, 0.3) is 0 Å². The average molecular weight is 325 g/mol. The molecule has 0 N–H and O–H groups in total. The predicted octanol–water partition coefficient (Wildman–Crippen LogP) is 3.88. The summed E-state index contributed by atoms with van der Waals surface area (Å²) in [5.41, 5.74) is 0. The Morgan fingerprint density at radius 2 is 1.35 bits per heavy atom. The van der Waals surface area contributed by atoms with E-state index in [9.17, 15) is 0 Å². The van der Waals surface area contributed by atoms with Crippen LogP contribution in [-0.4, -0.2) is 61.8 Å². The lowest BCUT2D eigenvalue weighted by molar-refractivity contribution is 0.0578. The number of hydrogen-bond acceptors (Lipinski definition) is 3. The molecule has 2 fully saturated rings. The van der Waals surface area contributed by atoms with E-state index in [1.165, 1.54) is 71.4 Å². The largest absolute Gasteiger partial charge is 0.379 e. The Kier molecular flexibility index (Phi) is 8.35. The van der Waals surface area contributed by atoms with E-state index < -0.39 is 0 Å². The van der Waals surface area contributed by atoms with Gasteiger partial charge >= 0.3 is 0 Å². The van der Waals surface area contributed by atoms with Gasteiger partial charge in [0.1, 0.15) is 0 Å². The quantitative estimate of drug-likeness (QED) is 0.674. The third-order valence-electron chi connectivity index (χ3n) is 5.99. The van der Waals surface area contributed by atoms with Crippen molar-refractivity contribution in [1.82, 2.24) is 9.80 Å². The summed E-state index contributed by atoms with van der Waals surface area (Å²) < 4.78 is 5.70. The molecule has 0 aromatic heterocycles. The Balaban J connectivity index is 1.53. The van der Waals surface area contributed by atoms with Gasteiger partial charge in [0.2, 0.25) is 0 Å². The molecule has 0 atom stereocenters. The van der Waals surface area contributed by atoms with Crippen molar-refractivity contribution in [3.05, 3.63) is 0 Å². The summed E-state index contributed by atoms with van der Waals surface area (Å²) in [7, 11) is 0. The molecular weight excluding hydrogens is 284 g/mol. The van der Waals surface area contributed by atoms with Gasteiger partial charge in [-0.05, 0) is 89.9 Å². The van der Waals surface area contributed by atoms with Gasteiger partial charge in [-0.1, -0.05) is 13.8 Å². The van der Waals surface area contributed by atoms with Gasteiger partial charge < -0.3 is 14.5 Å². The molecule has 0 aliphatic carbocycles. The highest BCUT2D eigenvalue weighted by molar-refractivity contribution is 4.77. The zero-order valence-electron chi connectivity index (χ0n) is 16.1. The second kappa shape index (κ2) is 10.0. The molecule has 0 amide bonds. The van der Waals surface area contributed by atoms with Crippen molar-refractivity contribution in [2.24, 2.45) is 17.8 Å². The number of hydrogen-bond donors (Lipinski definition) is 0. The van der Waals surface area contributed by atoms with Crippen LogP contribution in [0.5, 0.6) is 0 Å². The number of ether oxygens (including phenoxy) is 1. The van der Waals surface area contributed by atoms with Crippen LogP contribution in [0, 0.1) is 17.8 Å². The first-order valence-corrected chi connectivity index (χ1v) is 10.1. The topological polar surface area (TPSA) is 15.7 Å². The van der Waals surface area contributed by atoms with E-state index in [0.29, 0.717) is 6.10 Å². The fourth-order valence-corrected chi connectivity index (χ4v) is 4.10. The van der Waals surface area contributed by atoms with Crippen LogP contribution in [-0.2, 0) is 4.74 Å². The lowest BCUT2D eigenvalue weighted by atomic mass is 9.87. The maximum Gasteiger partial charge on any atom is 0.0518 e. The van der Waals surface area contributed by atoms with Crippen LogP contribution in [0.15, 0.2) is 0 Å². The van der Waals surface area contributed by atoms with Gasteiger partial charge in [-0.3, -0.25) is 0 Å². The normalized spacial score (nSPS) is 23.2. The minimum Gasteiger partial charge on any atom is -0.379 e. The van der Waals surface area contributed by atoms with E-state index in [4.69, 9.17) is 4.74 Å². The predicted molar refractivity (Wildman–Crippen MR) is 98.9 cm³/mol. The molecule has 2 aliphatic heterocycles. The van der Waals surface area contributed by atoms with Crippen LogP contribution in [0.1, 0.15) is 59.8 Å². The van der Waals surface area contributed by atoms with Gasteiger partial charge in [-0.2, -0.15) is 0 Å². The summed E-state index contributed by atoms with van der Waals surface area (Å²) in [6, 6.07) is 0. The molecule has 0 aromatic carbocycles. The average Bonchev–Trinajstić information content (AvgIpc) is 2.54. The van der Waals surface area contributed by atoms with E-state index in [-0.39, 0.29) is 0 Å². The molecule has 3 heteroatoms. The van der Waals surface area contributed by atoms with Crippen LogP contribution < -0.4 is 0 Å². The monoisotopic (exact) mass is 324 g/mol. The van der Waals surface area contributed by atoms with Crippen molar-refractivity contribution < 1.29 is 4.74 Å². The third kappa shape index (κ3) is 7.11. The van der Waals surface area contributed by atoms with Crippen molar-refractivity contribution in [3.8, 4) is 0 Å². The maximum absolute atomic E-state index is 5.70. The molecule has 2 heterocycles. The second-order valence-corrected chi connectivity index (χ2v) is 8.42. The van der Waals surface area contributed by atoms with Gasteiger partial charge in [0, 0.05) is 19.7 Å². The second-order valence-electron chi connectivity index (χ2n) is 8.42. The molecule has 2 aliphatic rings. The van der Waals surface area contributed by atoms with Crippen molar-refractivity contribution in [2.45, 2.75) is 65.9 Å². The SMILES string of the molecule is CC(C)OCCC1CCN(CCN2CCC(C(C)C)CC2)CC1. The van der Waals surface area contributed by atoms with Crippen molar-refractivity contribution >= 4 is 0 Å². The maximum atomic E-state index is 5.70. The molecule has 0 saturated carbocycles. The smallest absolute Gasteiger partial charge is 0.0518 e. The number of piperidine rings is 2. The van der Waals surface area contributed by atoms with E-state index in [0.717, 1.165) is 24.4 Å². The van der Waals surface area contributed by atoms with E-state index in [1.54, 1.807) is 0 Å². The molecular formula is C20H40N2O. The molecule has 2 saturated heterocycles. The Hall–Kier alpha value is -0.120. The van der Waals surface area contributed by atoms with Crippen molar-refractivity contribution in [3.63, 3.8) is 0 Å². The zero-order chi connectivity index (χ0) is 16.7. The molecule has 0 aromatic rings. The first-order valence-electron chi connectivity index (χ1n) is 10.1. The molecule has 0 bridgehead atoms. The Morgan fingerprint density at radius 1 is 0.826 bits per heavy atom. The minimum atomic E-state index is 0.384. The van der Waals surface area contributed by atoms with Crippen LogP contribution in [0.4, 0.5) is 0 Å². The molecule has 0 spiro atoms. The lowest BCUT2D eigenvalue weighted by Crippen LogP contribution is -2.42. The van der Waals surface area contributed by atoms with E-state index in [1.807, 2.05) is 0 Å². The number of likely N-dealkylation sites (tertiary alicyclic amines) is 2.